The summed E-state index contributed by atoms with van der Waals surface area (Å²) in [5, 5.41) is 33.7. The average molecular weight is 1880 g/mol. The van der Waals surface area contributed by atoms with Crippen LogP contribution in [0.1, 0.15) is 0 Å². The number of nitrogens with zero attached hydrogens (tertiary/aromatic N) is 3. The van der Waals surface area contributed by atoms with Gasteiger partial charge in [0.1, 0.15) is 17.2 Å². The highest BCUT2D eigenvalue weighted by Crippen LogP contribution is 2.49. The van der Waals surface area contributed by atoms with E-state index in [1.165, 1.54) is 0 Å². The van der Waals surface area contributed by atoms with Crippen LogP contribution in [0, 0.1) is 0 Å². The lowest BCUT2D eigenvalue weighted by Gasteiger charge is -2.23. The molecular formula is C115H108N4O9P6. The smallest absolute Gasteiger partial charge is 0.174 e. The first kappa shape index (κ1) is 97.5. The lowest BCUT2D eigenvalue weighted by Crippen LogP contribution is -2.26. The quantitative estimate of drug-likeness (QED) is 0.0430. The lowest BCUT2D eigenvalue weighted by atomic mass is 10.3. The zero-order chi connectivity index (χ0) is 94.6. The van der Waals surface area contributed by atoms with E-state index in [9.17, 15) is 37.6 Å². The van der Waals surface area contributed by atoms with Gasteiger partial charge in [-0.1, -0.05) is 370 Å². The van der Waals surface area contributed by atoms with Gasteiger partial charge in [-0.25, -0.2) is 0 Å². The van der Waals surface area contributed by atoms with Crippen molar-refractivity contribution in [2.45, 2.75) is 0 Å². The summed E-state index contributed by atoms with van der Waals surface area (Å²) in [6.07, 6.45) is 0. The van der Waals surface area contributed by atoms with E-state index in [0.717, 1.165) is 102 Å². The van der Waals surface area contributed by atoms with Gasteiger partial charge in [0.05, 0.1) is 17.7 Å². The molecule has 0 unspecified atom stereocenters. The Morgan fingerprint density at radius 2 is 0.366 bits per heavy atom. The second kappa shape index (κ2) is 45.9. The number of phenols is 2. The summed E-state index contributed by atoms with van der Waals surface area (Å²) >= 11 is 0. The molecule has 134 heavy (non-hydrogen) atoms. The van der Waals surface area contributed by atoms with Crippen molar-refractivity contribution in [2.75, 3.05) is 69.8 Å². The molecule has 13 nitrogen and oxygen atoms in total. The Labute approximate surface area is 788 Å². The Morgan fingerprint density at radius 3 is 0.590 bits per heavy atom. The highest BCUT2D eigenvalue weighted by molar-refractivity contribution is 7.87. The number of rotatable bonds is 22. The molecule has 0 aromatic heterocycles. The van der Waals surface area contributed by atoms with E-state index in [2.05, 4.69) is 0 Å². The Hall–Kier alpha value is -14.1. The number of para-hydroxylation sites is 3. The topological polar surface area (TPSA) is 188 Å². The van der Waals surface area contributed by atoms with Crippen LogP contribution in [0.5, 0.6) is 17.2 Å². The molecule has 0 aliphatic rings. The average Bonchev–Trinajstić information content (AvgIpc) is 0.738. The van der Waals surface area contributed by atoms with Crippen molar-refractivity contribution in [1.29, 1.82) is 0 Å². The van der Waals surface area contributed by atoms with E-state index in [0.29, 0.717) is 22.0 Å². The minimum atomic E-state index is -3.06. The van der Waals surface area contributed by atoms with Crippen molar-refractivity contribution in [2.24, 2.45) is 0 Å². The third-order valence-electron chi connectivity index (χ3n) is 22.6. The van der Waals surface area contributed by atoms with Crippen LogP contribution in [-0.2, 0) is 27.4 Å². The SMILES string of the molecule is CN(C)c1ccc(P(=O)(c2ccc(N(C)C)cc2)c2ccc(N(C)C)cc2)cc1.COc1ccccc1P(=O)(c1ccccc1)c1ccccc1.Nc1ccccc1P(=O)(c1ccccc1)c1ccccc1.O=P(c1ccccc1)(c1ccccc1)c1ccc(O)cc1.O=P(c1ccccc1)(c1ccccc1)c1ccccc1.O=P(c1ccccc1)(c1ccccc1)c1ccccc1O. The molecule has 18 rings (SSSR count). The van der Waals surface area contributed by atoms with E-state index < -0.39 is 42.9 Å². The summed E-state index contributed by atoms with van der Waals surface area (Å²) in [6, 6.07) is 158. The Morgan fingerprint density at radius 1 is 0.194 bits per heavy atom. The number of phenolic OH excluding ortho intramolecular Hbond substituents is 2. The molecule has 0 saturated heterocycles. The van der Waals surface area contributed by atoms with Gasteiger partial charge in [0.25, 0.3) is 0 Å². The first-order valence-electron chi connectivity index (χ1n) is 43.6. The van der Waals surface area contributed by atoms with Gasteiger partial charge in [0.2, 0.25) is 0 Å². The van der Waals surface area contributed by atoms with Crippen LogP contribution in [0.3, 0.4) is 0 Å². The molecule has 672 valence electrons. The molecule has 0 amide bonds. The largest absolute Gasteiger partial charge is 0.508 e. The second-order valence-electron chi connectivity index (χ2n) is 31.8. The van der Waals surface area contributed by atoms with Gasteiger partial charge in [0, 0.05) is 150 Å². The Bertz CT molecular complexity index is 6510. The van der Waals surface area contributed by atoms with Crippen LogP contribution >= 0.6 is 42.9 Å². The van der Waals surface area contributed by atoms with E-state index >= 15 is 0 Å². The van der Waals surface area contributed by atoms with Crippen molar-refractivity contribution >= 4 is 161 Å². The second-order valence-corrected chi connectivity index (χ2v) is 48.3. The standard InChI is InChI=1S/C24H30N3OP.C19H17O2P.C18H16NOP.2C18H15O2P.C18H15OP/c1-25(2)19-7-13-22(14-8-19)29(28,23-15-9-20(10-16-23)26(3)4)24-17-11-21(12-18-24)27(5)6;1-21-18-14-8-9-15-19(18)22(20,16-10-4-2-5-11-16)17-12-6-3-7-13-17;2*19-17-13-7-8-14-18(17)21(20,15-9-3-1-4-10-15)16-11-5-2-6-12-16;19-15-11-13-18(14-12-15)21(20,16-7-3-1-4-8-16)17-9-5-2-6-10-17;19-20(16-10-4-1-5-11-16,17-12-6-2-7-13-17)18-14-8-3-9-15-18/h7-18H,1-6H3;2-15H,1H3;1-14H,19H2;2*1-14,19H;1-15H. The van der Waals surface area contributed by atoms with Crippen molar-refractivity contribution < 1.29 is 42.3 Å². The minimum Gasteiger partial charge on any atom is -0.508 e. The van der Waals surface area contributed by atoms with E-state index in [4.69, 9.17) is 10.5 Å². The van der Waals surface area contributed by atoms with Crippen molar-refractivity contribution in [3.63, 3.8) is 0 Å². The molecule has 0 aliphatic carbocycles. The highest BCUT2D eigenvalue weighted by atomic mass is 31.2. The number of methoxy groups -OCH3 is 1. The first-order valence-corrected chi connectivity index (χ1v) is 53.8. The molecule has 4 N–H and O–H groups in total. The van der Waals surface area contributed by atoms with Crippen LogP contribution in [-0.4, -0.2) is 59.6 Å². The van der Waals surface area contributed by atoms with Gasteiger partial charge >= 0.3 is 0 Å². The number of hydrogen-bond acceptors (Lipinski definition) is 13. The molecule has 0 spiro atoms. The predicted octanol–water partition coefficient (Wildman–Crippen LogP) is 19.2. The molecule has 18 aromatic carbocycles. The maximum atomic E-state index is 14.6. The summed E-state index contributed by atoms with van der Waals surface area (Å²) in [6.45, 7) is 0. The first-order chi connectivity index (χ1) is 65.0. The van der Waals surface area contributed by atoms with Crippen LogP contribution in [0.15, 0.2) is 504 Å². The van der Waals surface area contributed by atoms with E-state index in [-0.39, 0.29) is 11.5 Å². The maximum absolute atomic E-state index is 14.6. The summed E-state index contributed by atoms with van der Waals surface area (Å²) in [4.78, 5) is 6.14. The lowest BCUT2D eigenvalue weighted by molar-refractivity contribution is 0.418. The Kier molecular flexibility index (Phi) is 33.4. The number of anilines is 4. The van der Waals surface area contributed by atoms with Crippen LogP contribution < -0.4 is 121 Å². The normalized spacial score (nSPS) is 11.2. The number of nitrogen functional groups attached to an aromatic ring is 1. The molecule has 18 aromatic rings. The zero-order valence-corrected chi connectivity index (χ0v) is 81.1. The summed E-state index contributed by atoms with van der Waals surface area (Å²) in [5.41, 5.74) is 9.94. The summed E-state index contributed by atoms with van der Waals surface area (Å²) < 4.78 is 89.7. The Balaban J connectivity index is 0.000000137. The van der Waals surface area contributed by atoms with Gasteiger partial charge in [-0.15, -0.1) is 0 Å². The third-order valence-corrected chi connectivity index (χ3v) is 41.2. The van der Waals surface area contributed by atoms with Crippen LogP contribution in [0.25, 0.3) is 0 Å². The fourth-order valence-corrected chi connectivity index (χ4v) is 31.8. The fourth-order valence-electron chi connectivity index (χ4n) is 15.6. The summed E-state index contributed by atoms with van der Waals surface area (Å²) in [7, 11) is -3.96. The van der Waals surface area contributed by atoms with Gasteiger partial charge in [-0.05, 0) is 133 Å². The van der Waals surface area contributed by atoms with Crippen LogP contribution in [0.2, 0.25) is 0 Å². The van der Waals surface area contributed by atoms with Gasteiger partial charge in [-0.3, -0.25) is 0 Å². The number of hydrogen-bond donors (Lipinski definition) is 3. The molecule has 0 aliphatic heterocycles. The van der Waals surface area contributed by atoms with E-state index in [1.54, 1.807) is 61.7 Å². The molecule has 0 atom stereocenters. The number of benzene rings is 18. The highest BCUT2D eigenvalue weighted by Gasteiger charge is 2.37. The zero-order valence-electron chi connectivity index (χ0n) is 75.8. The number of aromatic hydroxyl groups is 2. The molecule has 0 radical (unpaired) electrons. The third kappa shape index (κ3) is 22.3. The fraction of sp³-hybridized carbons (Fsp3) is 0.0609. The van der Waals surface area contributed by atoms with E-state index in [1.807, 2.05) is 506 Å². The van der Waals surface area contributed by atoms with Crippen molar-refractivity contribution in [3.05, 3.63) is 504 Å². The number of nitrogens with two attached hydrogens (primary N) is 1. The van der Waals surface area contributed by atoms with Gasteiger partial charge in [0.15, 0.2) is 42.9 Å². The molecule has 0 fully saturated rings. The van der Waals surface area contributed by atoms with Crippen molar-refractivity contribution in [3.8, 4) is 17.2 Å². The molecule has 0 saturated carbocycles. The minimum absolute atomic E-state index is 0.0635. The monoisotopic (exact) mass is 1870 g/mol. The molecule has 0 bridgehead atoms. The molecule has 0 heterocycles. The van der Waals surface area contributed by atoms with Crippen LogP contribution in [0.4, 0.5) is 22.7 Å². The molecular weight excluding hydrogens is 1770 g/mol. The maximum Gasteiger partial charge on any atom is 0.174 e. The predicted molar refractivity (Wildman–Crippen MR) is 572 cm³/mol. The number of ether oxygens (including phenoxy) is 1. The summed E-state index contributed by atoms with van der Waals surface area (Å²) in [5.74, 6) is 0.888. The van der Waals surface area contributed by atoms with Gasteiger partial charge < -0.3 is 62.8 Å². The molecule has 19 heteroatoms. The van der Waals surface area contributed by atoms with Gasteiger partial charge in [-0.2, -0.15) is 0 Å². The van der Waals surface area contributed by atoms with Crippen molar-refractivity contribution in [1.82, 2.24) is 0 Å².